The lowest BCUT2D eigenvalue weighted by atomic mass is 9.86. The van der Waals surface area contributed by atoms with Crippen LogP contribution in [0.2, 0.25) is 10.0 Å². The molecule has 0 radical (unpaired) electrons. The maximum absolute atomic E-state index is 6.62. The molecule has 0 aliphatic heterocycles. The first-order valence-corrected chi connectivity index (χ1v) is 7.16. The molecule has 2 aromatic rings. The van der Waals surface area contributed by atoms with Gasteiger partial charge in [-0.25, -0.2) is 0 Å². The van der Waals surface area contributed by atoms with Gasteiger partial charge in [0.2, 0.25) is 0 Å². The van der Waals surface area contributed by atoms with Crippen LogP contribution in [0.3, 0.4) is 0 Å². The molecule has 0 bridgehead atoms. The van der Waals surface area contributed by atoms with Crippen LogP contribution < -0.4 is 5.73 Å². The van der Waals surface area contributed by atoms with E-state index in [1.165, 1.54) is 11.1 Å². The number of hydrogen-bond acceptors (Lipinski definition) is 1. The number of fused-ring (bicyclic) bond motifs is 1. The number of hydrogen-bond donors (Lipinski definition) is 1. The summed E-state index contributed by atoms with van der Waals surface area (Å²) >= 11 is 12.5. The van der Waals surface area contributed by atoms with Gasteiger partial charge in [-0.15, -0.1) is 0 Å². The van der Waals surface area contributed by atoms with Crippen LogP contribution in [-0.4, -0.2) is 0 Å². The molecule has 0 fully saturated rings. The number of aryl methyl sites for hydroxylation is 1. The summed E-state index contributed by atoms with van der Waals surface area (Å²) in [5, 5.41) is 1.39. The van der Waals surface area contributed by atoms with E-state index < -0.39 is 0 Å². The molecule has 19 heavy (non-hydrogen) atoms. The smallest absolute Gasteiger partial charge is 0.0457 e. The van der Waals surface area contributed by atoms with Crippen molar-refractivity contribution < 1.29 is 0 Å². The van der Waals surface area contributed by atoms with Gasteiger partial charge in [-0.1, -0.05) is 53.5 Å². The van der Waals surface area contributed by atoms with Crippen molar-refractivity contribution in [1.29, 1.82) is 0 Å². The SMILES string of the molecule is NC1(Cc2c(Cl)cccc2Cl)CCc2ccccc21. The van der Waals surface area contributed by atoms with Crippen molar-refractivity contribution in [3.05, 3.63) is 69.2 Å². The summed E-state index contributed by atoms with van der Waals surface area (Å²) in [6.45, 7) is 0. The summed E-state index contributed by atoms with van der Waals surface area (Å²) in [4.78, 5) is 0. The van der Waals surface area contributed by atoms with E-state index in [1.54, 1.807) is 0 Å². The molecule has 2 aromatic carbocycles. The van der Waals surface area contributed by atoms with Gasteiger partial charge in [0, 0.05) is 15.6 Å². The van der Waals surface area contributed by atoms with Crippen molar-refractivity contribution in [3.63, 3.8) is 0 Å². The molecule has 1 aliphatic carbocycles. The lowest BCUT2D eigenvalue weighted by Crippen LogP contribution is -2.36. The Morgan fingerprint density at radius 2 is 1.68 bits per heavy atom. The Bertz CT molecular complexity index is 604. The maximum Gasteiger partial charge on any atom is 0.0457 e. The molecular formula is C16H15Cl2N. The second-order valence-corrected chi connectivity index (χ2v) is 6.00. The minimum absolute atomic E-state index is 0.356. The van der Waals surface area contributed by atoms with Gasteiger partial charge < -0.3 is 5.73 Å². The van der Waals surface area contributed by atoms with Crippen LogP contribution in [0.25, 0.3) is 0 Å². The highest BCUT2D eigenvalue weighted by molar-refractivity contribution is 6.36. The van der Waals surface area contributed by atoms with E-state index in [-0.39, 0.29) is 5.54 Å². The zero-order chi connectivity index (χ0) is 13.5. The number of halogens is 2. The normalized spacial score (nSPS) is 21.4. The third-order valence-corrected chi connectivity index (χ3v) is 4.66. The molecule has 3 heteroatoms. The van der Waals surface area contributed by atoms with E-state index in [9.17, 15) is 0 Å². The Kier molecular flexibility index (Phi) is 3.30. The summed E-state index contributed by atoms with van der Waals surface area (Å²) < 4.78 is 0. The summed E-state index contributed by atoms with van der Waals surface area (Å²) in [6, 6.07) is 14.0. The van der Waals surface area contributed by atoms with Gasteiger partial charge in [0.1, 0.15) is 0 Å². The summed E-state index contributed by atoms with van der Waals surface area (Å²) in [5.74, 6) is 0. The lowest BCUT2D eigenvalue weighted by molar-refractivity contribution is 0.439. The predicted molar refractivity (Wildman–Crippen MR) is 80.8 cm³/mol. The molecule has 98 valence electrons. The lowest BCUT2D eigenvalue weighted by Gasteiger charge is -2.26. The van der Waals surface area contributed by atoms with Gasteiger partial charge in [-0.3, -0.25) is 0 Å². The molecule has 0 amide bonds. The van der Waals surface area contributed by atoms with Gasteiger partial charge in [0.15, 0.2) is 0 Å². The summed E-state index contributed by atoms with van der Waals surface area (Å²) in [5.41, 5.74) is 9.79. The molecule has 3 rings (SSSR count). The summed E-state index contributed by atoms with van der Waals surface area (Å²) in [7, 11) is 0. The molecule has 1 unspecified atom stereocenters. The fourth-order valence-corrected chi connectivity index (χ4v) is 3.45. The van der Waals surface area contributed by atoms with Gasteiger partial charge in [-0.2, -0.15) is 0 Å². The standard InChI is InChI=1S/C16H15Cl2N/c17-14-6-3-7-15(18)12(14)10-16(19)9-8-11-4-1-2-5-13(11)16/h1-7H,8-10,19H2. The predicted octanol–water partition coefficient (Wildman–Crippen LogP) is 4.34. The van der Waals surface area contributed by atoms with Crippen LogP contribution in [0.1, 0.15) is 23.1 Å². The second kappa shape index (κ2) is 4.82. The molecule has 1 atom stereocenters. The van der Waals surface area contributed by atoms with Crippen molar-refractivity contribution in [1.82, 2.24) is 0 Å². The molecule has 0 spiro atoms. The van der Waals surface area contributed by atoms with Crippen LogP contribution in [0.5, 0.6) is 0 Å². The summed E-state index contributed by atoms with van der Waals surface area (Å²) in [6.07, 6.45) is 2.64. The highest BCUT2D eigenvalue weighted by Crippen LogP contribution is 2.39. The van der Waals surface area contributed by atoms with E-state index in [0.29, 0.717) is 16.5 Å². The zero-order valence-electron chi connectivity index (χ0n) is 10.5. The Balaban J connectivity index is 2.00. The van der Waals surface area contributed by atoms with E-state index in [4.69, 9.17) is 28.9 Å². The van der Waals surface area contributed by atoms with Crippen LogP contribution >= 0.6 is 23.2 Å². The second-order valence-electron chi connectivity index (χ2n) is 5.19. The Labute approximate surface area is 123 Å². The van der Waals surface area contributed by atoms with Crippen molar-refractivity contribution in [3.8, 4) is 0 Å². The van der Waals surface area contributed by atoms with Crippen LogP contribution in [0.15, 0.2) is 42.5 Å². The highest BCUT2D eigenvalue weighted by atomic mass is 35.5. The maximum atomic E-state index is 6.62. The van der Waals surface area contributed by atoms with E-state index in [1.807, 2.05) is 24.3 Å². The topological polar surface area (TPSA) is 26.0 Å². The average molecular weight is 292 g/mol. The first kappa shape index (κ1) is 13.0. The molecule has 0 saturated heterocycles. The molecule has 0 heterocycles. The van der Waals surface area contributed by atoms with Crippen molar-refractivity contribution in [2.45, 2.75) is 24.8 Å². The van der Waals surface area contributed by atoms with Crippen LogP contribution in [0.4, 0.5) is 0 Å². The minimum Gasteiger partial charge on any atom is -0.321 e. The zero-order valence-corrected chi connectivity index (χ0v) is 12.0. The monoisotopic (exact) mass is 291 g/mol. The largest absolute Gasteiger partial charge is 0.321 e. The van der Waals surface area contributed by atoms with E-state index in [0.717, 1.165) is 18.4 Å². The number of rotatable bonds is 2. The fourth-order valence-electron chi connectivity index (χ4n) is 2.92. The molecule has 1 nitrogen and oxygen atoms in total. The quantitative estimate of drug-likeness (QED) is 0.875. The fraction of sp³-hybridized carbons (Fsp3) is 0.250. The van der Waals surface area contributed by atoms with Gasteiger partial charge >= 0.3 is 0 Å². The van der Waals surface area contributed by atoms with Crippen LogP contribution in [0, 0.1) is 0 Å². The molecular weight excluding hydrogens is 277 g/mol. The molecule has 2 N–H and O–H groups in total. The Morgan fingerprint density at radius 3 is 2.42 bits per heavy atom. The molecule has 0 saturated carbocycles. The van der Waals surface area contributed by atoms with Gasteiger partial charge in [-0.05, 0) is 48.1 Å². The number of benzene rings is 2. The molecule has 0 aromatic heterocycles. The van der Waals surface area contributed by atoms with Crippen LogP contribution in [-0.2, 0) is 18.4 Å². The first-order valence-electron chi connectivity index (χ1n) is 6.40. The highest BCUT2D eigenvalue weighted by Gasteiger charge is 2.35. The average Bonchev–Trinajstić information content (AvgIpc) is 2.73. The number of nitrogens with two attached hydrogens (primary N) is 1. The Hall–Kier alpha value is -1.02. The van der Waals surface area contributed by atoms with E-state index >= 15 is 0 Å². The minimum atomic E-state index is -0.356. The first-order chi connectivity index (χ1) is 9.10. The molecule has 1 aliphatic rings. The van der Waals surface area contributed by atoms with Crippen molar-refractivity contribution >= 4 is 23.2 Å². The van der Waals surface area contributed by atoms with E-state index in [2.05, 4.69) is 18.2 Å². The van der Waals surface area contributed by atoms with Gasteiger partial charge in [0.05, 0.1) is 0 Å². The third-order valence-electron chi connectivity index (χ3n) is 3.95. The van der Waals surface area contributed by atoms with Crippen molar-refractivity contribution in [2.75, 3.05) is 0 Å². The third kappa shape index (κ3) is 2.27. The van der Waals surface area contributed by atoms with Crippen molar-refractivity contribution in [2.24, 2.45) is 5.73 Å². The van der Waals surface area contributed by atoms with Gasteiger partial charge in [0.25, 0.3) is 0 Å². The Morgan fingerprint density at radius 1 is 1.00 bits per heavy atom.